The highest BCUT2D eigenvalue weighted by atomic mass is 16.5. The summed E-state index contributed by atoms with van der Waals surface area (Å²) in [6, 6.07) is 5.93. The second-order valence-electron chi connectivity index (χ2n) is 5.10. The third kappa shape index (κ3) is 2.25. The lowest BCUT2D eigenvalue weighted by Crippen LogP contribution is -2.43. The van der Waals surface area contributed by atoms with Crippen molar-refractivity contribution >= 4 is 0 Å². The van der Waals surface area contributed by atoms with Gasteiger partial charge in [0.15, 0.2) is 0 Å². The van der Waals surface area contributed by atoms with E-state index in [4.69, 9.17) is 9.47 Å². The molecule has 0 spiro atoms. The summed E-state index contributed by atoms with van der Waals surface area (Å²) < 4.78 is 10.9. The van der Waals surface area contributed by atoms with Gasteiger partial charge < -0.3 is 14.6 Å². The fourth-order valence-corrected chi connectivity index (χ4v) is 2.91. The van der Waals surface area contributed by atoms with E-state index in [9.17, 15) is 5.11 Å². The van der Waals surface area contributed by atoms with Gasteiger partial charge in [-0.15, -0.1) is 0 Å². The topological polar surface area (TPSA) is 38.7 Å². The predicted molar refractivity (Wildman–Crippen MR) is 70.9 cm³/mol. The van der Waals surface area contributed by atoms with E-state index in [0.29, 0.717) is 0 Å². The number of aryl methyl sites for hydroxylation is 1. The molecule has 1 saturated carbocycles. The first-order valence-electron chi connectivity index (χ1n) is 6.52. The second-order valence-corrected chi connectivity index (χ2v) is 5.10. The lowest BCUT2D eigenvalue weighted by molar-refractivity contribution is -0.123. The van der Waals surface area contributed by atoms with Crippen molar-refractivity contribution in [3.8, 4) is 5.75 Å². The van der Waals surface area contributed by atoms with Crippen LogP contribution in [-0.4, -0.2) is 25.4 Å². The third-order valence-corrected chi connectivity index (χ3v) is 3.91. The van der Waals surface area contributed by atoms with Crippen LogP contribution < -0.4 is 4.74 Å². The molecule has 2 atom stereocenters. The van der Waals surface area contributed by atoms with Gasteiger partial charge in [0, 0.05) is 12.7 Å². The van der Waals surface area contributed by atoms with Crippen molar-refractivity contribution < 1.29 is 14.6 Å². The average Bonchev–Trinajstić information content (AvgIpc) is 2.39. The van der Waals surface area contributed by atoms with Crippen LogP contribution in [-0.2, 0) is 10.3 Å². The maximum atomic E-state index is 11.0. The Labute approximate surface area is 109 Å². The van der Waals surface area contributed by atoms with Crippen molar-refractivity contribution in [2.45, 2.75) is 44.3 Å². The summed E-state index contributed by atoms with van der Waals surface area (Å²) in [5.74, 6) is 0.743. The van der Waals surface area contributed by atoms with Crippen molar-refractivity contribution in [2.75, 3.05) is 14.2 Å². The van der Waals surface area contributed by atoms with Crippen LogP contribution in [0.15, 0.2) is 18.2 Å². The van der Waals surface area contributed by atoms with Crippen LogP contribution in [0.2, 0.25) is 0 Å². The summed E-state index contributed by atoms with van der Waals surface area (Å²) in [6.07, 6.45) is 3.60. The summed E-state index contributed by atoms with van der Waals surface area (Å²) in [5.41, 5.74) is 1.06. The largest absolute Gasteiger partial charge is 0.496 e. The first-order valence-corrected chi connectivity index (χ1v) is 6.52. The molecule has 0 saturated heterocycles. The molecule has 0 heterocycles. The van der Waals surface area contributed by atoms with Gasteiger partial charge in [0.2, 0.25) is 0 Å². The molecular weight excluding hydrogens is 228 g/mol. The average molecular weight is 250 g/mol. The fourth-order valence-electron chi connectivity index (χ4n) is 2.91. The zero-order valence-corrected chi connectivity index (χ0v) is 11.4. The molecule has 0 radical (unpaired) electrons. The maximum Gasteiger partial charge on any atom is 0.125 e. The van der Waals surface area contributed by atoms with Gasteiger partial charge in [0.05, 0.1) is 13.2 Å². The molecule has 1 aliphatic rings. The smallest absolute Gasteiger partial charge is 0.125 e. The molecule has 3 nitrogen and oxygen atoms in total. The Hall–Kier alpha value is -1.06. The maximum absolute atomic E-state index is 11.0. The molecule has 0 aliphatic heterocycles. The standard InChI is InChI=1S/C15H22O3/c1-11-7-8-13(17-2)12(10-11)15(16)9-5-4-6-14(15)18-3/h7-8,10,14,16H,4-6,9H2,1-3H3. The third-order valence-electron chi connectivity index (χ3n) is 3.91. The van der Waals surface area contributed by atoms with E-state index in [2.05, 4.69) is 0 Å². The first-order chi connectivity index (χ1) is 8.61. The van der Waals surface area contributed by atoms with Crippen LogP contribution in [0.4, 0.5) is 0 Å². The molecule has 0 amide bonds. The number of hydrogen-bond donors (Lipinski definition) is 1. The Morgan fingerprint density at radius 2 is 2.06 bits per heavy atom. The van der Waals surface area contributed by atoms with Gasteiger partial charge in [-0.1, -0.05) is 24.5 Å². The van der Waals surface area contributed by atoms with Gasteiger partial charge in [-0.25, -0.2) is 0 Å². The van der Waals surface area contributed by atoms with Crippen LogP contribution in [0.5, 0.6) is 5.75 Å². The minimum Gasteiger partial charge on any atom is -0.496 e. The van der Waals surface area contributed by atoms with Gasteiger partial charge in [-0.3, -0.25) is 0 Å². The van der Waals surface area contributed by atoms with Gasteiger partial charge in [-0.05, 0) is 31.9 Å². The molecule has 0 aromatic heterocycles. The predicted octanol–water partition coefficient (Wildman–Crippen LogP) is 2.78. The van der Waals surface area contributed by atoms with Crippen LogP contribution in [0.1, 0.15) is 36.8 Å². The highest BCUT2D eigenvalue weighted by Gasteiger charge is 2.42. The zero-order chi connectivity index (χ0) is 13.2. The van der Waals surface area contributed by atoms with Gasteiger partial charge in [-0.2, -0.15) is 0 Å². The Morgan fingerprint density at radius 1 is 1.28 bits per heavy atom. The lowest BCUT2D eigenvalue weighted by Gasteiger charge is -2.40. The second kappa shape index (κ2) is 5.29. The summed E-state index contributed by atoms with van der Waals surface area (Å²) in [4.78, 5) is 0. The van der Waals surface area contributed by atoms with E-state index in [1.54, 1.807) is 14.2 Å². The molecule has 1 aromatic rings. The molecule has 1 aliphatic carbocycles. The van der Waals surface area contributed by atoms with Gasteiger partial charge >= 0.3 is 0 Å². The Bertz CT molecular complexity index is 416. The SMILES string of the molecule is COc1ccc(C)cc1C1(O)CCCCC1OC. The van der Waals surface area contributed by atoms with Crippen LogP contribution >= 0.6 is 0 Å². The van der Waals surface area contributed by atoms with Crippen molar-refractivity contribution in [2.24, 2.45) is 0 Å². The van der Waals surface area contributed by atoms with Gasteiger partial charge in [0.25, 0.3) is 0 Å². The summed E-state index contributed by atoms with van der Waals surface area (Å²) in [6.45, 7) is 2.02. The number of ether oxygens (including phenoxy) is 2. The summed E-state index contributed by atoms with van der Waals surface area (Å²) in [7, 11) is 3.31. The molecule has 1 aromatic carbocycles. The minimum atomic E-state index is -0.926. The lowest BCUT2D eigenvalue weighted by atomic mass is 9.76. The molecule has 2 unspecified atom stereocenters. The number of rotatable bonds is 3. The molecular formula is C15H22O3. The van der Waals surface area contributed by atoms with Crippen LogP contribution in [0.25, 0.3) is 0 Å². The van der Waals surface area contributed by atoms with Gasteiger partial charge in [0.1, 0.15) is 11.4 Å². The quantitative estimate of drug-likeness (QED) is 0.896. The number of hydrogen-bond acceptors (Lipinski definition) is 3. The van der Waals surface area contributed by atoms with E-state index >= 15 is 0 Å². The molecule has 100 valence electrons. The van der Waals surface area contributed by atoms with Crippen molar-refractivity contribution in [3.63, 3.8) is 0 Å². The molecule has 0 bridgehead atoms. The Balaban J connectivity index is 2.46. The first kappa shape index (κ1) is 13.4. The molecule has 1 N–H and O–H groups in total. The van der Waals surface area contributed by atoms with E-state index in [1.165, 1.54) is 0 Å². The monoisotopic (exact) mass is 250 g/mol. The normalized spacial score (nSPS) is 28.1. The Morgan fingerprint density at radius 3 is 2.72 bits per heavy atom. The fraction of sp³-hybridized carbons (Fsp3) is 0.600. The minimum absolute atomic E-state index is 0.151. The zero-order valence-electron chi connectivity index (χ0n) is 11.4. The number of benzene rings is 1. The van der Waals surface area contributed by atoms with E-state index < -0.39 is 5.60 Å². The van der Waals surface area contributed by atoms with E-state index in [1.807, 2.05) is 25.1 Å². The van der Waals surface area contributed by atoms with E-state index in [-0.39, 0.29) is 6.10 Å². The van der Waals surface area contributed by atoms with Crippen LogP contribution in [0, 0.1) is 6.92 Å². The molecule has 18 heavy (non-hydrogen) atoms. The number of aliphatic hydroxyl groups is 1. The van der Waals surface area contributed by atoms with Crippen molar-refractivity contribution in [1.82, 2.24) is 0 Å². The molecule has 3 heteroatoms. The highest BCUT2D eigenvalue weighted by Crippen LogP contribution is 2.42. The summed E-state index contributed by atoms with van der Waals surface area (Å²) >= 11 is 0. The number of methoxy groups -OCH3 is 2. The molecule has 1 fully saturated rings. The Kier molecular flexibility index (Phi) is 3.93. The molecule has 2 rings (SSSR count). The van der Waals surface area contributed by atoms with Crippen LogP contribution in [0.3, 0.4) is 0 Å². The highest BCUT2D eigenvalue weighted by molar-refractivity contribution is 5.42. The van der Waals surface area contributed by atoms with Crippen molar-refractivity contribution in [1.29, 1.82) is 0 Å². The summed E-state index contributed by atoms with van der Waals surface area (Å²) in [5, 5.41) is 11.0. The van der Waals surface area contributed by atoms with E-state index in [0.717, 1.165) is 42.6 Å². The van der Waals surface area contributed by atoms with Crippen molar-refractivity contribution in [3.05, 3.63) is 29.3 Å².